The Hall–Kier alpha value is -0.230. The molecule has 3 nitrogen and oxygen atoms in total. The van der Waals surface area contributed by atoms with Crippen LogP contribution in [0.5, 0.6) is 0 Å². The number of methoxy groups -OCH3 is 1. The van der Waals surface area contributed by atoms with Gasteiger partial charge < -0.3 is 4.74 Å². The summed E-state index contributed by atoms with van der Waals surface area (Å²) in [5.74, 6) is -0.962. The predicted molar refractivity (Wildman–Crippen MR) is 51.4 cm³/mol. The minimum Gasteiger partial charge on any atom is -0.465 e. The molecule has 0 amide bonds. The van der Waals surface area contributed by atoms with Crippen LogP contribution in [0.2, 0.25) is 0 Å². The summed E-state index contributed by atoms with van der Waals surface area (Å²) in [7, 11) is 1.13. The lowest BCUT2D eigenvalue weighted by molar-refractivity contribution is -0.146. The molecule has 0 N–H and O–H groups in total. The van der Waals surface area contributed by atoms with Crippen molar-refractivity contribution in [2.45, 2.75) is 6.30 Å². The van der Waals surface area contributed by atoms with Crippen molar-refractivity contribution in [1.82, 2.24) is 0 Å². The maximum Gasteiger partial charge on any atom is 0.363 e. The van der Waals surface area contributed by atoms with Gasteiger partial charge in [-0.05, 0) is 12.5 Å². The second-order valence-electron chi connectivity index (χ2n) is 1.66. The molecule has 0 heterocycles. The number of nitrogens with zero attached hydrogens (tertiary/aromatic N) is 1. The van der Waals surface area contributed by atoms with Gasteiger partial charge in [0.15, 0.2) is 0 Å². The molecule has 1 atom stereocenters. The fourth-order valence-corrected chi connectivity index (χ4v) is 1.49. The molecular weight excluding hydrogens is 201 g/mol. The van der Waals surface area contributed by atoms with E-state index in [4.69, 9.17) is 0 Å². The maximum absolute atomic E-state index is 12.7. The van der Waals surface area contributed by atoms with Gasteiger partial charge in [-0.2, -0.15) is 0 Å². The van der Waals surface area contributed by atoms with E-state index in [0.29, 0.717) is 4.38 Å². The largest absolute Gasteiger partial charge is 0.465 e. The van der Waals surface area contributed by atoms with Gasteiger partial charge in [-0.1, -0.05) is 0 Å². The van der Waals surface area contributed by atoms with Crippen LogP contribution in [0.3, 0.4) is 0 Å². The highest BCUT2D eigenvalue weighted by Crippen LogP contribution is 2.13. The molecule has 0 aliphatic rings. The third kappa shape index (κ3) is 3.96. The molecule has 0 saturated carbocycles. The molecular formula is C6H10FNO2S2. The van der Waals surface area contributed by atoms with Crippen molar-refractivity contribution in [2.75, 3.05) is 19.6 Å². The molecule has 0 saturated heterocycles. The van der Waals surface area contributed by atoms with Gasteiger partial charge in [-0.3, -0.25) is 0 Å². The van der Waals surface area contributed by atoms with E-state index in [-0.39, 0.29) is 0 Å². The molecule has 0 spiro atoms. The van der Waals surface area contributed by atoms with Gasteiger partial charge in [0.05, 0.1) is 7.11 Å². The van der Waals surface area contributed by atoms with E-state index in [1.807, 2.05) is 0 Å². The van der Waals surface area contributed by atoms with Crippen molar-refractivity contribution in [3.8, 4) is 0 Å². The van der Waals surface area contributed by atoms with E-state index in [0.717, 1.165) is 7.11 Å². The van der Waals surface area contributed by atoms with Crippen molar-refractivity contribution < 1.29 is 13.9 Å². The first-order valence-corrected chi connectivity index (χ1v) is 5.48. The number of carbonyl (C=O) groups is 1. The molecule has 0 aromatic heterocycles. The zero-order chi connectivity index (χ0) is 9.56. The summed E-state index contributed by atoms with van der Waals surface area (Å²) in [4.78, 5) is 14.0. The summed E-state index contributed by atoms with van der Waals surface area (Å²) in [6.07, 6.45) is 1.63. The maximum atomic E-state index is 12.7. The molecule has 0 aliphatic carbocycles. The van der Waals surface area contributed by atoms with E-state index in [9.17, 15) is 9.18 Å². The van der Waals surface area contributed by atoms with Gasteiger partial charge in [0, 0.05) is 0 Å². The lowest BCUT2D eigenvalue weighted by Gasteiger charge is -2.02. The fraction of sp³-hybridized carbons (Fsp3) is 0.667. The van der Waals surface area contributed by atoms with Crippen molar-refractivity contribution in [3.05, 3.63) is 0 Å². The highest BCUT2D eigenvalue weighted by atomic mass is 32.2. The third-order valence-corrected chi connectivity index (χ3v) is 2.87. The minimum absolute atomic E-state index is 0.521. The van der Waals surface area contributed by atoms with E-state index in [2.05, 4.69) is 9.73 Å². The molecule has 0 radical (unpaired) electrons. The van der Waals surface area contributed by atoms with Crippen molar-refractivity contribution >= 4 is 33.9 Å². The molecule has 0 bridgehead atoms. The van der Waals surface area contributed by atoms with Crippen LogP contribution in [-0.4, -0.2) is 36.3 Å². The number of alkyl halides is 1. The quantitative estimate of drug-likeness (QED) is 0.300. The van der Waals surface area contributed by atoms with Crippen LogP contribution in [0, 0.1) is 0 Å². The Labute approximate surface area is 79.1 Å². The second kappa shape index (κ2) is 6.30. The summed E-state index contributed by atoms with van der Waals surface area (Å²) in [5.41, 5.74) is 0. The topological polar surface area (TPSA) is 38.7 Å². The number of hydrogen-bond donors (Lipinski definition) is 0. The minimum atomic E-state index is -1.90. The van der Waals surface area contributed by atoms with Crippen LogP contribution in [0.4, 0.5) is 4.39 Å². The number of aliphatic imine (C=N–C) groups is 1. The van der Waals surface area contributed by atoms with Crippen LogP contribution in [0.25, 0.3) is 0 Å². The van der Waals surface area contributed by atoms with Crippen molar-refractivity contribution in [3.63, 3.8) is 0 Å². The Bertz CT molecular complexity index is 180. The highest BCUT2D eigenvalue weighted by Gasteiger charge is 2.16. The monoisotopic (exact) mass is 211 g/mol. The normalized spacial score (nSPS) is 12.0. The number of thioether (sulfide) groups is 2. The van der Waals surface area contributed by atoms with E-state index < -0.39 is 12.3 Å². The molecule has 0 rings (SSSR count). The van der Waals surface area contributed by atoms with E-state index in [1.165, 1.54) is 23.5 Å². The number of carbonyl (C=O) groups excluding carboxylic acids is 1. The van der Waals surface area contributed by atoms with Crippen LogP contribution in [0.15, 0.2) is 4.99 Å². The molecule has 1 unspecified atom stereocenters. The fourth-order valence-electron chi connectivity index (χ4n) is 0.431. The van der Waals surface area contributed by atoms with Gasteiger partial charge in [0.2, 0.25) is 0 Å². The third-order valence-electron chi connectivity index (χ3n) is 0.964. The zero-order valence-corrected chi connectivity index (χ0v) is 8.67. The van der Waals surface area contributed by atoms with E-state index in [1.54, 1.807) is 12.5 Å². The molecule has 0 fully saturated rings. The Morgan fingerprint density at radius 3 is 2.33 bits per heavy atom. The smallest absolute Gasteiger partial charge is 0.363 e. The SMILES string of the molecule is COC(=O)C(F)N=C(SC)SC. The van der Waals surface area contributed by atoms with Crippen molar-refractivity contribution in [1.29, 1.82) is 0 Å². The highest BCUT2D eigenvalue weighted by molar-refractivity contribution is 8.38. The number of hydrogen-bond acceptors (Lipinski definition) is 5. The summed E-state index contributed by atoms with van der Waals surface area (Å²) in [6, 6.07) is 0. The number of esters is 1. The summed E-state index contributed by atoms with van der Waals surface area (Å²) in [5, 5.41) is 0. The first-order valence-electron chi connectivity index (χ1n) is 3.03. The van der Waals surface area contributed by atoms with Crippen LogP contribution < -0.4 is 0 Å². The lowest BCUT2D eigenvalue weighted by Crippen LogP contribution is -2.15. The Kier molecular flexibility index (Phi) is 6.18. The zero-order valence-electron chi connectivity index (χ0n) is 7.04. The van der Waals surface area contributed by atoms with Gasteiger partial charge in [-0.25, -0.2) is 14.2 Å². The number of rotatable bonds is 2. The molecule has 6 heteroatoms. The Morgan fingerprint density at radius 1 is 1.50 bits per heavy atom. The average Bonchev–Trinajstić information content (AvgIpc) is 2.12. The van der Waals surface area contributed by atoms with Gasteiger partial charge in [-0.15, -0.1) is 23.5 Å². The average molecular weight is 211 g/mol. The second-order valence-corrected chi connectivity index (χ2v) is 3.51. The summed E-state index contributed by atoms with van der Waals surface area (Å²) >= 11 is 2.58. The van der Waals surface area contributed by atoms with Crippen LogP contribution in [0.1, 0.15) is 0 Å². The first kappa shape index (κ1) is 11.8. The first-order chi connectivity index (χ1) is 5.65. The molecule has 0 aromatic rings. The van der Waals surface area contributed by atoms with Gasteiger partial charge >= 0.3 is 5.97 Å². The van der Waals surface area contributed by atoms with Crippen LogP contribution >= 0.6 is 23.5 Å². The lowest BCUT2D eigenvalue weighted by atomic mass is 10.6. The molecule has 70 valence electrons. The number of halogens is 1. The summed E-state index contributed by atoms with van der Waals surface area (Å²) in [6.45, 7) is 0. The van der Waals surface area contributed by atoms with Crippen LogP contribution in [-0.2, 0) is 9.53 Å². The predicted octanol–water partition coefficient (Wildman–Crippen LogP) is 1.54. The molecule has 12 heavy (non-hydrogen) atoms. The van der Waals surface area contributed by atoms with E-state index >= 15 is 0 Å². The Balaban J connectivity index is 4.19. The van der Waals surface area contributed by atoms with Gasteiger partial charge in [0.1, 0.15) is 4.38 Å². The summed E-state index contributed by atoms with van der Waals surface area (Å²) < 4.78 is 17.4. The molecule has 0 aliphatic heterocycles. The number of ether oxygens (including phenoxy) is 1. The van der Waals surface area contributed by atoms with Crippen molar-refractivity contribution in [2.24, 2.45) is 4.99 Å². The molecule has 0 aromatic carbocycles. The standard InChI is InChI=1S/C6H10FNO2S2/c1-10-5(9)4(7)8-6(11-2)12-3/h4H,1-3H3. The van der Waals surface area contributed by atoms with Gasteiger partial charge in [0.25, 0.3) is 6.30 Å². The Morgan fingerprint density at radius 2 is 2.00 bits per heavy atom.